The molecule has 0 saturated heterocycles. The number of halogens is 3. The summed E-state index contributed by atoms with van der Waals surface area (Å²) in [6.07, 6.45) is 0. The summed E-state index contributed by atoms with van der Waals surface area (Å²) in [4.78, 5) is 0. The average molecular weight is 404 g/mol. The minimum Gasteiger partial charge on any atom is -0.321 e. The van der Waals surface area contributed by atoms with Crippen molar-refractivity contribution in [2.45, 2.75) is 19.4 Å². The van der Waals surface area contributed by atoms with Crippen LogP contribution in [0.15, 0.2) is 41.5 Å². The lowest BCUT2D eigenvalue weighted by molar-refractivity contribution is 0.0714. The summed E-state index contributed by atoms with van der Waals surface area (Å²) >= 11 is 6.24. The van der Waals surface area contributed by atoms with E-state index in [4.69, 9.17) is 23.3 Å². The monoisotopic (exact) mass is 403 g/mol. The van der Waals surface area contributed by atoms with E-state index in [2.05, 4.69) is 16.3 Å². The predicted molar refractivity (Wildman–Crippen MR) is 103 cm³/mol. The Bertz CT molecular complexity index is 1120. The first kappa shape index (κ1) is 19.5. The molecule has 0 bridgehead atoms. The van der Waals surface area contributed by atoms with Crippen molar-refractivity contribution in [2.75, 3.05) is 0 Å². The number of hydrogen-bond donors (Lipinski definition) is 3. The fourth-order valence-electron chi connectivity index (χ4n) is 2.98. The number of aromatic nitrogens is 2. The number of hydrogen-bond acceptors (Lipinski definition) is 5. The van der Waals surface area contributed by atoms with Crippen LogP contribution in [0, 0.1) is 18.3 Å². The highest BCUT2D eigenvalue weighted by Gasteiger charge is 2.39. The maximum atomic E-state index is 14.7. The molecule has 0 radical (unpaired) electrons. The third-order valence-corrected chi connectivity index (χ3v) is 4.76. The first-order valence-corrected chi connectivity index (χ1v) is 8.49. The van der Waals surface area contributed by atoms with Gasteiger partial charge < -0.3 is 11.3 Å². The molecule has 10 heteroatoms. The number of aryl methyl sites for hydroxylation is 1. The van der Waals surface area contributed by atoms with Gasteiger partial charge in [0.25, 0.3) is 0 Å². The Morgan fingerprint density at radius 3 is 2.79 bits per heavy atom. The predicted octanol–water partition coefficient (Wildman–Crippen LogP) is 2.75. The molecule has 0 aliphatic rings. The summed E-state index contributed by atoms with van der Waals surface area (Å²) in [6, 6.07) is 11.1. The zero-order valence-electron chi connectivity index (χ0n) is 14.7. The Morgan fingerprint density at radius 2 is 2.14 bits per heavy atom. The maximum Gasteiger partial charge on any atom is 0.332 e. The lowest BCUT2D eigenvalue weighted by Gasteiger charge is -2.18. The van der Waals surface area contributed by atoms with Gasteiger partial charge in [0, 0.05) is 21.5 Å². The van der Waals surface area contributed by atoms with E-state index in [1.165, 1.54) is 16.8 Å². The SMILES string of the molecule is Cc1nn(Cc2c(Cl)cccc2C#N)c2cc(C(F)(F)/C(=N/N)NN)ccc12. The minimum atomic E-state index is -3.52. The molecule has 2 aromatic carbocycles. The first-order chi connectivity index (χ1) is 13.3. The van der Waals surface area contributed by atoms with Gasteiger partial charge in [0.1, 0.15) is 0 Å². The van der Waals surface area contributed by atoms with E-state index in [0.29, 0.717) is 32.7 Å². The van der Waals surface area contributed by atoms with Crippen molar-refractivity contribution in [3.63, 3.8) is 0 Å². The van der Waals surface area contributed by atoms with Crippen LogP contribution >= 0.6 is 11.6 Å². The molecule has 0 saturated carbocycles. The Balaban J connectivity index is 2.15. The molecule has 0 aliphatic carbocycles. The quantitative estimate of drug-likeness (QED) is 0.268. The Labute approximate surface area is 164 Å². The third kappa shape index (κ3) is 3.24. The van der Waals surface area contributed by atoms with Gasteiger partial charge in [-0.05, 0) is 25.1 Å². The number of hydrazone groups is 1. The number of fused-ring (bicyclic) bond motifs is 1. The van der Waals surface area contributed by atoms with Gasteiger partial charge in [-0.2, -0.15) is 24.2 Å². The highest BCUT2D eigenvalue weighted by Crippen LogP contribution is 2.32. The summed E-state index contributed by atoms with van der Waals surface area (Å²) in [5, 5.41) is 17.8. The zero-order chi connectivity index (χ0) is 20.5. The number of nitrogens with one attached hydrogen (secondary N) is 1. The normalized spacial score (nSPS) is 12.2. The van der Waals surface area contributed by atoms with Gasteiger partial charge in [0.05, 0.1) is 29.4 Å². The molecule has 5 N–H and O–H groups in total. The van der Waals surface area contributed by atoms with E-state index in [-0.39, 0.29) is 12.1 Å². The molecule has 0 atom stereocenters. The number of nitriles is 1. The second kappa shape index (κ2) is 7.42. The fraction of sp³-hybridized carbons (Fsp3) is 0.167. The van der Waals surface area contributed by atoms with Crippen LogP contribution in [0.4, 0.5) is 8.78 Å². The van der Waals surface area contributed by atoms with Crippen molar-refractivity contribution in [2.24, 2.45) is 16.8 Å². The molecule has 144 valence electrons. The lowest BCUT2D eigenvalue weighted by Crippen LogP contribution is -2.43. The van der Waals surface area contributed by atoms with Crippen LogP contribution in [-0.2, 0) is 12.5 Å². The standard InChI is InChI=1S/C18H16ClF2N7/c1-10-13-6-5-12(18(20,21)17(25-23)26-24)7-16(13)28(27-10)9-14-11(8-22)3-2-4-15(14)19/h2-7H,9,23-24H2,1H3,(H,25,26). The van der Waals surface area contributed by atoms with Crippen LogP contribution < -0.4 is 17.1 Å². The summed E-state index contributed by atoms with van der Waals surface area (Å²) in [6.45, 7) is 1.91. The van der Waals surface area contributed by atoms with E-state index < -0.39 is 11.8 Å². The molecular weight excluding hydrogens is 388 g/mol. The van der Waals surface area contributed by atoms with Crippen LogP contribution in [0.2, 0.25) is 5.02 Å². The van der Waals surface area contributed by atoms with Crippen molar-refractivity contribution in [3.05, 3.63) is 63.8 Å². The van der Waals surface area contributed by atoms with Gasteiger partial charge in [-0.15, -0.1) is 0 Å². The Kier molecular flexibility index (Phi) is 5.18. The topological polar surface area (TPSA) is 118 Å². The van der Waals surface area contributed by atoms with Crippen molar-refractivity contribution in [3.8, 4) is 6.07 Å². The zero-order valence-corrected chi connectivity index (χ0v) is 15.5. The molecule has 3 rings (SSSR count). The smallest absolute Gasteiger partial charge is 0.321 e. The number of benzene rings is 2. The summed E-state index contributed by atoms with van der Waals surface area (Å²) < 4.78 is 30.8. The van der Waals surface area contributed by atoms with Crippen LogP contribution in [-0.4, -0.2) is 15.6 Å². The third-order valence-electron chi connectivity index (χ3n) is 4.41. The molecule has 1 heterocycles. The minimum absolute atomic E-state index is 0.148. The summed E-state index contributed by atoms with van der Waals surface area (Å²) in [5.74, 6) is 5.71. The van der Waals surface area contributed by atoms with E-state index in [9.17, 15) is 14.0 Å². The fourth-order valence-corrected chi connectivity index (χ4v) is 3.21. The second-order valence-electron chi connectivity index (χ2n) is 6.05. The number of nitrogens with two attached hydrogens (primary N) is 2. The summed E-state index contributed by atoms with van der Waals surface area (Å²) in [5.41, 5.74) is 3.51. The van der Waals surface area contributed by atoms with E-state index in [0.717, 1.165) is 0 Å². The van der Waals surface area contributed by atoms with Gasteiger partial charge in [-0.1, -0.05) is 29.8 Å². The van der Waals surface area contributed by atoms with E-state index in [1.54, 1.807) is 31.2 Å². The van der Waals surface area contributed by atoms with Gasteiger partial charge in [-0.25, -0.2) is 5.84 Å². The number of rotatable bonds is 4. The van der Waals surface area contributed by atoms with Crippen LogP contribution in [0.5, 0.6) is 0 Å². The molecule has 1 aromatic heterocycles. The van der Waals surface area contributed by atoms with Crippen molar-refractivity contribution < 1.29 is 8.78 Å². The highest BCUT2D eigenvalue weighted by molar-refractivity contribution is 6.31. The van der Waals surface area contributed by atoms with Crippen molar-refractivity contribution in [1.29, 1.82) is 5.26 Å². The molecule has 28 heavy (non-hydrogen) atoms. The second-order valence-corrected chi connectivity index (χ2v) is 6.46. The van der Waals surface area contributed by atoms with Crippen LogP contribution in [0.25, 0.3) is 10.9 Å². The number of hydrazine groups is 1. The molecule has 0 fully saturated rings. The first-order valence-electron chi connectivity index (χ1n) is 8.11. The van der Waals surface area contributed by atoms with E-state index in [1.807, 2.05) is 5.43 Å². The van der Waals surface area contributed by atoms with Gasteiger partial charge in [-0.3, -0.25) is 4.68 Å². The number of amidine groups is 1. The lowest BCUT2D eigenvalue weighted by atomic mass is 10.0. The van der Waals surface area contributed by atoms with Crippen LogP contribution in [0.1, 0.15) is 22.4 Å². The maximum absolute atomic E-state index is 14.7. The largest absolute Gasteiger partial charge is 0.332 e. The molecule has 0 spiro atoms. The molecule has 0 aliphatic heterocycles. The van der Waals surface area contributed by atoms with E-state index >= 15 is 0 Å². The molecule has 3 aromatic rings. The highest BCUT2D eigenvalue weighted by atomic mass is 35.5. The van der Waals surface area contributed by atoms with Gasteiger partial charge in [0.15, 0.2) is 0 Å². The molecule has 7 nitrogen and oxygen atoms in total. The number of nitrogens with zero attached hydrogens (tertiary/aromatic N) is 4. The molecule has 0 amide bonds. The average Bonchev–Trinajstić information content (AvgIpc) is 2.99. The number of alkyl halides is 2. The Hall–Kier alpha value is -3.22. The molecule has 0 unspecified atom stereocenters. The summed E-state index contributed by atoms with van der Waals surface area (Å²) in [7, 11) is 0. The van der Waals surface area contributed by atoms with Crippen LogP contribution in [0.3, 0.4) is 0 Å². The van der Waals surface area contributed by atoms with Gasteiger partial charge >= 0.3 is 5.92 Å². The Morgan fingerprint density at radius 1 is 1.39 bits per heavy atom. The van der Waals surface area contributed by atoms with Gasteiger partial charge in [0.2, 0.25) is 5.84 Å². The van der Waals surface area contributed by atoms with Crippen molar-refractivity contribution in [1.82, 2.24) is 15.2 Å². The molecular formula is C18H16ClF2N7. The van der Waals surface area contributed by atoms with Crippen molar-refractivity contribution >= 4 is 28.3 Å².